The Labute approximate surface area is 217 Å². The van der Waals surface area contributed by atoms with Crippen LogP contribution in [0.3, 0.4) is 0 Å². The maximum Gasteiger partial charge on any atom is 0.305 e. The van der Waals surface area contributed by atoms with Gasteiger partial charge < -0.3 is 24.8 Å². The topological polar surface area (TPSA) is 111 Å². The van der Waals surface area contributed by atoms with Gasteiger partial charge in [0.2, 0.25) is 5.91 Å². The molecule has 1 atom stereocenters. The third kappa shape index (κ3) is 6.87. The van der Waals surface area contributed by atoms with Crippen LogP contribution in [0.2, 0.25) is 0 Å². The number of aryl methyl sites for hydroxylation is 1. The Morgan fingerprint density at radius 1 is 1.08 bits per heavy atom. The molecule has 9 nitrogen and oxygen atoms in total. The van der Waals surface area contributed by atoms with Crippen LogP contribution in [0.25, 0.3) is 0 Å². The Balaban J connectivity index is 1.33. The second-order valence-corrected chi connectivity index (χ2v) is 9.41. The minimum Gasteiger partial charge on any atom is -0.489 e. The number of morpholine rings is 1. The lowest BCUT2D eigenvalue weighted by Crippen LogP contribution is -2.45. The summed E-state index contributed by atoms with van der Waals surface area (Å²) in [7, 11) is 1.28. The van der Waals surface area contributed by atoms with Gasteiger partial charge in [-0.25, -0.2) is 0 Å². The van der Waals surface area contributed by atoms with Gasteiger partial charge in [-0.05, 0) is 49.1 Å². The third-order valence-corrected chi connectivity index (χ3v) is 6.97. The minimum atomic E-state index is -0.900. The van der Waals surface area contributed by atoms with Gasteiger partial charge in [-0.3, -0.25) is 19.3 Å². The van der Waals surface area contributed by atoms with Gasteiger partial charge in [0, 0.05) is 30.6 Å². The molecule has 9 heteroatoms. The highest BCUT2D eigenvalue weighted by Crippen LogP contribution is 2.33. The van der Waals surface area contributed by atoms with E-state index in [4.69, 9.17) is 15.2 Å². The van der Waals surface area contributed by atoms with Crippen molar-refractivity contribution in [2.45, 2.75) is 44.9 Å². The number of nitrogens with two attached hydrogens (primary N) is 1. The van der Waals surface area contributed by atoms with E-state index in [1.54, 1.807) is 12.1 Å². The first-order valence-corrected chi connectivity index (χ1v) is 12.8. The molecule has 0 spiro atoms. The van der Waals surface area contributed by atoms with Crippen molar-refractivity contribution in [2.24, 2.45) is 5.73 Å². The summed E-state index contributed by atoms with van der Waals surface area (Å²) < 4.78 is 16.2. The second kappa shape index (κ2) is 12.7. The number of esters is 1. The predicted octanol–water partition coefficient (Wildman–Crippen LogP) is 2.29. The van der Waals surface area contributed by atoms with Crippen molar-refractivity contribution in [1.29, 1.82) is 0 Å². The van der Waals surface area contributed by atoms with Gasteiger partial charge in [0.1, 0.15) is 18.4 Å². The number of rotatable bonds is 12. The van der Waals surface area contributed by atoms with Crippen molar-refractivity contribution in [3.05, 3.63) is 64.7 Å². The smallest absolute Gasteiger partial charge is 0.305 e. The molecule has 0 bridgehead atoms. The SMILES string of the molecule is COC(=O)CCC(C(N)=O)N1Cc2c(OCc3ccc(CCCN4CCOCC4)cc3)cccc2C1=O. The first-order chi connectivity index (χ1) is 18.0. The molecule has 0 radical (unpaired) electrons. The van der Waals surface area contributed by atoms with Crippen molar-refractivity contribution in [3.8, 4) is 5.75 Å². The van der Waals surface area contributed by atoms with E-state index in [-0.39, 0.29) is 25.3 Å². The van der Waals surface area contributed by atoms with Crippen LogP contribution < -0.4 is 10.5 Å². The summed E-state index contributed by atoms with van der Waals surface area (Å²) >= 11 is 0. The molecule has 2 N–H and O–H groups in total. The predicted molar refractivity (Wildman–Crippen MR) is 137 cm³/mol. The van der Waals surface area contributed by atoms with E-state index in [9.17, 15) is 14.4 Å². The number of carbonyl (C=O) groups is 3. The summed E-state index contributed by atoms with van der Waals surface area (Å²) in [5.41, 5.74) is 9.10. The monoisotopic (exact) mass is 509 g/mol. The number of amides is 2. The third-order valence-electron chi connectivity index (χ3n) is 6.97. The highest BCUT2D eigenvalue weighted by Gasteiger charge is 2.37. The number of primary amides is 1. The molecule has 2 aliphatic heterocycles. The van der Waals surface area contributed by atoms with E-state index < -0.39 is 17.9 Å². The van der Waals surface area contributed by atoms with Crippen LogP contribution in [0.5, 0.6) is 5.75 Å². The number of fused-ring (bicyclic) bond motifs is 1. The Hall–Kier alpha value is -3.43. The number of nitrogens with zero attached hydrogens (tertiary/aromatic N) is 2. The largest absolute Gasteiger partial charge is 0.489 e. The number of hydrogen-bond donors (Lipinski definition) is 1. The summed E-state index contributed by atoms with van der Waals surface area (Å²) in [6.07, 6.45) is 2.25. The van der Waals surface area contributed by atoms with E-state index in [1.165, 1.54) is 17.6 Å². The summed E-state index contributed by atoms with van der Waals surface area (Å²) in [6.45, 7) is 5.32. The minimum absolute atomic E-state index is 0.00317. The van der Waals surface area contributed by atoms with Gasteiger partial charge in [-0.15, -0.1) is 0 Å². The maximum absolute atomic E-state index is 13.0. The zero-order valence-corrected chi connectivity index (χ0v) is 21.3. The van der Waals surface area contributed by atoms with Crippen molar-refractivity contribution in [3.63, 3.8) is 0 Å². The Bertz CT molecular complexity index is 1100. The van der Waals surface area contributed by atoms with Crippen molar-refractivity contribution in [2.75, 3.05) is 40.0 Å². The second-order valence-electron chi connectivity index (χ2n) is 9.41. The molecule has 1 unspecified atom stereocenters. The zero-order chi connectivity index (χ0) is 26.2. The fourth-order valence-corrected chi connectivity index (χ4v) is 4.82. The molecule has 2 amide bonds. The molecular weight excluding hydrogens is 474 g/mol. The first kappa shape index (κ1) is 26.6. The molecule has 2 aromatic rings. The van der Waals surface area contributed by atoms with Crippen LogP contribution >= 0.6 is 0 Å². The zero-order valence-electron chi connectivity index (χ0n) is 21.3. The van der Waals surface area contributed by atoms with Crippen molar-refractivity contribution >= 4 is 17.8 Å². The standard InChI is InChI=1S/C28H35N3O6/c1-35-26(32)12-11-24(27(29)33)31-18-23-22(28(31)34)5-2-6-25(23)37-19-21-9-7-20(8-10-21)4-3-13-30-14-16-36-17-15-30/h2,5-10,24H,3-4,11-19H2,1H3,(H2,29,33). The van der Waals surface area contributed by atoms with Crippen LogP contribution in [0.15, 0.2) is 42.5 Å². The van der Waals surface area contributed by atoms with Gasteiger partial charge in [0.05, 0.1) is 26.9 Å². The molecule has 0 aliphatic carbocycles. The first-order valence-electron chi connectivity index (χ1n) is 12.8. The summed E-state index contributed by atoms with van der Waals surface area (Å²) in [4.78, 5) is 40.6. The molecule has 198 valence electrons. The molecule has 37 heavy (non-hydrogen) atoms. The fourth-order valence-electron chi connectivity index (χ4n) is 4.82. The van der Waals surface area contributed by atoms with Gasteiger partial charge in [-0.1, -0.05) is 30.3 Å². The van der Waals surface area contributed by atoms with Crippen LogP contribution in [0.1, 0.15) is 46.3 Å². The molecule has 0 aromatic heterocycles. The van der Waals surface area contributed by atoms with Gasteiger partial charge in [0.25, 0.3) is 5.91 Å². The lowest BCUT2D eigenvalue weighted by molar-refractivity contribution is -0.141. The Morgan fingerprint density at radius 2 is 1.81 bits per heavy atom. The number of carbonyl (C=O) groups excluding carboxylic acids is 3. The van der Waals surface area contributed by atoms with Gasteiger partial charge >= 0.3 is 5.97 Å². The Kier molecular flexibility index (Phi) is 9.14. The van der Waals surface area contributed by atoms with Crippen molar-refractivity contribution in [1.82, 2.24) is 9.80 Å². The molecule has 0 saturated carbocycles. The van der Waals surface area contributed by atoms with Crippen LogP contribution in [-0.2, 0) is 38.6 Å². The molecule has 2 heterocycles. The van der Waals surface area contributed by atoms with Gasteiger partial charge in [-0.2, -0.15) is 0 Å². The average Bonchev–Trinajstić information content (AvgIpc) is 3.25. The van der Waals surface area contributed by atoms with Crippen molar-refractivity contribution < 1.29 is 28.6 Å². The molecular formula is C28H35N3O6. The van der Waals surface area contributed by atoms with E-state index in [0.29, 0.717) is 17.9 Å². The van der Waals surface area contributed by atoms with Gasteiger partial charge in [0.15, 0.2) is 0 Å². The number of methoxy groups -OCH3 is 1. The van der Waals surface area contributed by atoms with E-state index in [2.05, 4.69) is 33.9 Å². The number of ether oxygens (including phenoxy) is 3. The normalized spacial score (nSPS) is 16.4. The Morgan fingerprint density at radius 3 is 2.51 bits per heavy atom. The molecule has 1 saturated heterocycles. The highest BCUT2D eigenvalue weighted by atomic mass is 16.5. The number of benzene rings is 2. The van der Waals surface area contributed by atoms with E-state index >= 15 is 0 Å². The summed E-state index contributed by atoms with van der Waals surface area (Å²) in [5.74, 6) is -0.810. The summed E-state index contributed by atoms with van der Waals surface area (Å²) in [6, 6.07) is 12.8. The maximum atomic E-state index is 13.0. The summed E-state index contributed by atoms with van der Waals surface area (Å²) in [5, 5.41) is 0. The molecule has 2 aliphatic rings. The van der Waals surface area contributed by atoms with Crippen LogP contribution in [0.4, 0.5) is 0 Å². The van der Waals surface area contributed by atoms with E-state index in [0.717, 1.165) is 56.8 Å². The fraction of sp³-hybridized carbons (Fsp3) is 0.464. The lowest BCUT2D eigenvalue weighted by atomic mass is 10.1. The molecule has 4 rings (SSSR count). The lowest BCUT2D eigenvalue weighted by Gasteiger charge is -2.26. The molecule has 1 fully saturated rings. The van der Waals surface area contributed by atoms with Crippen LogP contribution in [0, 0.1) is 0 Å². The highest BCUT2D eigenvalue weighted by molar-refractivity contribution is 6.01. The average molecular weight is 510 g/mol. The van der Waals surface area contributed by atoms with E-state index in [1.807, 2.05) is 6.07 Å². The van der Waals surface area contributed by atoms with Crippen LogP contribution in [-0.4, -0.2) is 73.6 Å². The molecule has 2 aromatic carbocycles. The quantitative estimate of drug-likeness (QED) is 0.437. The number of hydrogen-bond acceptors (Lipinski definition) is 7.